The fourth-order valence-corrected chi connectivity index (χ4v) is 2.98. The van der Waals surface area contributed by atoms with E-state index in [9.17, 15) is 0 Å². The summed E-state index contributed by atoms with van der Waals surface area (Å²) in [6.45, 7) is 12.5. The first-order valence-electron chi connectivity index (χ1n) is 7.33. The number of hydrogen-bond donors (Lipinski definition) is 1. The molecule has 0 amide bonds. The Morgan fingerprint density at radius 1 is 1.26 bits per heavy atom. The first-order valence-corrected chi connectivity index (χ1v) is 8.21. The smallest absolute Gasteiger partial charge is 0.185 e. The van der Waals surface area contributed by atoms with Gasteiger partial charge in [0.25, 0.3) is 0 Å². The lowest BCUT2D eigenvalue weighted by atomic mass is 10.1. The molecule has 0 radical (unpaired) electrons. The Morgan fingerprint density at radius 3 is 2.68 bits per heavy atom. The van der Waals surface area contributed by atoms with Gasteiger partial charge in [0, 0.05) is 50.8 Å². The number of rotatable bonds is 7. The minimum Gasteiger partial charge on any atom is -0.346 e. The standard InChI is InChI=1S/C14H26N4S/c1-13(2)3-4-15-5-7-17-8-10-18(11-9-17)14-16-6-12-19-14/h6,12-13,15H,3-5,7-11H2,1-2H3. The van der Waals surface area contributed by atoms with Crippen LogP contribution >= 0.6 is 11.3 Å². The van der Waals surface area contributed by atoms with E-state index in [0.717, 1.165) is 45.2 Å². The number of piperazine rings is 1. The van der Waals surface area contributed by atoms with Crippen LogP contribution in [0.1, 0.15) is 20.3 Å². The van der Waals surface area contributed by atoms with Crippen LogP contribution in [0.5, 0.6) is 0 Å². The minimum atomic E-state index is 0.800. The topological polar surface area (TPSA) is 31.4 Å². The van der Waals surface area contributed by atoms with Gasteiger partial charge < -0.3 is 10.2 Å². The summed E-state index contributed by atoms with van der Waals surface area (Å²) in [6, 6.07) is 0. The van der Waals surface area contributed by atoms with Crippen LogP contribution < -0.4 is 10.2 Å². The van der Waals surface area contributed by atoms with Crippen molar-refractivity contribution in [1.29, 1.82) is 0 Å². The maximum absolute atomic E-state index is 4.38. The van der Waals surface area contributed by atoms with E-state index in [1.54, 1.807) is 11.3 Å². The summed E-state index contributed by atoms with van der Waals surface area (Å²) >= 11 is 1.74. The van der Waals surface area contributed by atoms with Gasteiger partial charge in [0.15, 0.2) is 5.13 Å². The molecule has 4 nitrogen and oxygen atoms in total. The van der Waals surface area contributed by atoms with Gasteiger partial charge in [-0.3, -0.25) is 4.90 Å². The first-order chi connectivity index (χ1) is 9.25. The fourth-order valence-electron chi connectivity index (χ4n) is 2.29. The molecule has 0 aromatic carbocycles. The molecule has 108 valence electrons. The highest BCUT2D eigenvalue weighted by molar-refractivity contribution is 7.13. The second kappa shape index (κ2) is 7.82. The van der Waals surface area contributed by atoms with Crippen LogP contribution in [-0.2, 0) is 0 Å². The zero-order chi connectivity index (χ0) is 13.5. The molecule has 2 heterocycles. The van der Waals surface area contributed by atoms with E-state index in [0.29, 0.717) is 0 Å². The molecule has 1 aliphatic heterocycles. The highest BCUT2D eigenvalue weighted by atomic mass is 32.1. The molecule has 0 atom stereocenters. The van der Waals surface area contributed by atoms with Crippen LogP contribution in [0.4, 0.5) is 5.13 Å². The average Bonchev–Trinajstić information content (AvgIpc) is 2.93. The highest BCUT2D eigenvalue weighted by Gasteiger charge is 2.17. The SMILES string of the molecule is CC(C)CCNCCN1CCN(c2nccs2)CC1. The monoisotopic (exact) mass is 282 g/mol. The third-order valence-corrected chi connectivity index (χ3v) is 4.40. The van der Waals surface area contributed by atoms with E-state index in [1.807, 2.05) is 6.20 Å². The van der Waals surface area contributed by atoms with E-state index < -0.39 is 0 Å². The summed E-state index contributed by atoms with van der Waals surface area (Å²) in [6.07, 6.45) is 3.17. The van der Waals surface area contributed by atoms with Crippen molar-refractivity contribution < 1.29 is 0 Å². The van der Waals surface area contributed by atoms with E-state index >= 15 is 0 Å². The number of nitrogens with one attached hydrogen (secondary N) is 1. The van der Waals surface area contributed by atoms with Gasteiger partial charge in [-0.2, -0.15) is 0 Å². The maximum atomic E-state index is 4.38. The largest absolute Gasteiger partial charge is 0.346 e. The summed E-state index contributed by atoms with van der Waals surface area (Å²) in [4.78, 5) is 9.33. The lowest BCUT2D eigenvalue weighted by Gasteiger charge is -2.34. The van der Waals surface area contributed by atoms with Gasteiger partial charge in [0.1, 0.15) is 0 Å². The van der Waals surface area contributed by atoms with E-state index in [1.165, 1.54) is 18.1 Å². The Kier molecular flexibility index (Phi) is 6.07. The van der Waals surface area contributed by atoms with Crippen molar-refractivity contribution in [2.24, 2.45) is 5.92 Å². The van der Waals surface area contributed by atoms with Crippen LogP contribution in [0.25, 0.3) is 0 Å². The normalized spacial score (nSPS) is 17.3. The van der Waals surface area contributed by atoms with Gasteiger partial charge in [-0.25, -0.2) is 4.98 Å². The molecule has 1 N–H and O–H groups in total. The molecule has 0 aliphatic carbocycles. The predicted octanol–water partition coefficient (Wildman–Crippen LogP) is 1.90. The fraction of sp³-hybridized carbons (Fsp3) is 0.786. The van der Waals surface area contributed by atoms with Crippen LogP contribution in [0.3, 0.4) is 0 Å². The third-order valence-electron chi connectivity index (χ3n) is 3.57. The van der Waals surface area contributed by atoms with Crippen LogP contribution in [0.2, 0.25) is 0 Å². The van der Waals surface area contributed by atoms with Crippen molar-refractivity contribution >= 4 is 16.5 Å². The molecule has 0 unspecified atom stereocenters. The van der Waals surface area contributed by atoms with Gasteiger partial charge in [0.05, 0.1) is 0 Å². The first kappa shape index (κ1) is 14.8. The molecular weight excluding hydrogens is 256 g/mol. The Balaban J connectivity index is 1.56. The Labute approximate surface area is 120 Å². The van der Waals surface area contributed by atoms with Crippen molar-refractivity contribution in [3.05, 3.63) is 11.6 Å². The van der Waals surface area contributed by atoms with Crippen molar-refractivity contribution in [3.63, 3.8) is 0 Å². The van der Waals surface area contributed by atoms with Gasteiger partial charge in [0.2, 0.25) is 0 Å². The summed E-state index contributed by atoms with van der Waals surface area (Å²) < 4.78 is 0. The predicted molar refractivity (Wildman–Crippen MR) is 83.1 cm³/mol. The van der Waals surface area contributed by atoms with Crippen LogP contribution in [-0.4, -0.2) is 55.7 Å². The second-order valence-electron chi connectivity index (χ2n) is 5.58. The van der Waals surface area contributed by atoms with E-state index in [2.05, 4.69) is 39.3 Å². The third kappa shape index (κ3) is 5.09. The highest BCUT2D eigenvalue weighted by Crippen LogP contribution is 2.18. The molecule has 1 aromatic heterocycles. The van der Waals surface area contributed by atoms with Crippen molar-refractivity contribution in [2.45, 2.75) is 20.3 Å². The molecule has 2 rings (SSSR count). The molecular formula is C14H26N4S. The molecule has 1 aliphatic rings. The van der Waals surface area contributed by atoms with Crippen molar-refractivity contribution in [1.82, 2.24) is 15.2 Å². The van der Waals surface area contributed by atoms with Gasteiger partial charge in [-0.05, 0) is 18.9 Å². The molecule has 0 bridgehead atoms. The van der Waals surface area contributed by atoms with E-state index in [-0.39, 0.29) is 0 Å². The summed E-state index contributed by atoms with van der Waals surface area (Å²) in [7, 11) is 0. The Hall–Kier alpha value is -0.650. The minimum absolute atomic E-state index is 0.800. The lowest BCUT2D eigenvalue weighted by molar-refractivity contribution is 0.257. The Morgan fingerprint density at radius 2 is 2.05 bits per heavy atom. The molecule has 1 fully saturated rings. The van der Waals surface area contributed by atoms with Crippen LogP contribution in [0.15, 0.2) is 11.6 Å². The van der Waals surface area contributed by atoms with Crippen molar-refractivity contribution in [2.75, 3.05) is 50.7 Å². The number of hydrogen-bond acceptors (Lipinski definition) is 5. The second-order valence-corrected chi connectivity index (χ2v) is 6.45. The van der Waals surface area contributed by atoms with Gasteiger partial charge >= 0.3 is 0 Å². The molecule has 0 spiro atoms. The number of aromatic nitrogens is 1. The number of anilines is 1. The summed E-state index contributed by atoms with van der Waals surface area (Å²) in [5.74, 6) is 0.800. The summed E-state index contributed by atoms with van der Waals surface area (Å²) in [5.41, 5.74) is 0. The molecule has 0 saturated carbocycles. The molecule has 1 saturated heterocycles. The van der Waals surface area contributed by atoms with E-state index in [4.69, 9.17) is 0 Å². The molecule has 1 aromatic rings. The van der Waals surface area contributed by atoms with Gasteiger partial charge in [-0.1, -0.05) is 13.8 Å². The Bertz CT molecular complexity index is 331. The zero-order valence-electron chi connectivity index (χ0n) is 12.1. The molecule has 5 heteroatoms. The number of nitrogens with zero attached hydrogens (tertiary/aromatic N) is 3. The van der Waals surface area contributed by atoms with Crippen LogP contribution in [0, 0.1) is 5.92 Å². The zero-order valence-corrected chi connectivity index (χ0v) is 13.0. The van der Waals surface area contributed by atoms with Crippen molar-refractivity contribution in [3.8, 4) is 0 Å². The number of thiazole rings is 1. The lowest BCUT2D eigenvalue weighted by Crippen LogP contribution is -2.48. The molecule has 19 heavy (non-hydrogen) atoms. The van der Waals surface area contributed by atoms with Gasteiger partial charge in [-0.15, -0.1) is 11.3 Å². The maximum Gasteiger partial charge on any atom is 0.185 e. The summed E-state index contributed by atoms with van der Waals surface area (Å²) in [5, 5.41) is 6.77. The average molecular weight is 282 g/mol. The quantitative estimate of drug-likeness (QED) is 0.774.